The van der Waals surface area contributed by atoms with Crippen LogP contribution in [0, 0.1) is 5.92 Å². The minimum absolute atomic E-state index is 0.405. The molecule has 4 heteroatoms. The molecule has 0 spiro atoms. The van der Waals surface area contributed by atoms with E-state index in [1.807, 2.05) is 18.2 Å². The summed E-state index contributed by atoms with van der Waals surface area (Å²) in [4.78, 5) is 0. The van der Waals surface area contributed by atoms with Crippen LogP contribution in [0.4, 0.5) is 5.69 Å². The number of rotatable bonds is 4. The molecule has 0 amide bonds. The van der Waals surface area contributed by atoms with Crippen molar-refractivity contribution in [1.82, 2.24) is 0 Å². The van der Waals surface area contributed by atoms with Crippen molar-refractivity contribution in [1.29, 1.82) is 0 Å². The molecule has 2 nitrogen and oxygen atoms in total. The van der Waals surface area contributed by atoms with Crippen LogP contribution in [0.1, 0.15) is 6.92 Å². The van der Waals surface area contributed by atoms with Gasteiger partial charge in [-0.3, -0.25) is 0 Å². The molecule has 3 N–H and O–H groups in total. The Kier molecular flexibility index (Phi) is 4.52. The van der Waals surface area contributed by atoms with Gasteiger partial charge >= 0.3 is 0 Å². The number of nitrogens with two attached hydrogens (primary N) is 1. The average Bonchev–Trinajstić information content (AvgIpc) is 2.16. The zero-order chi connectivity index (χ0) is 10.6. The van der Waals surface area contributed by atoms with Crippen LogP contribution in [0.15, 0.2) is 18.2 Å². The molecule has 0 bridgehead atoms. The van der Waals surface area contributed by atoms with Gasteiger partial charge < -0.3 is 11.1 Å². The lowest BCUT2D eigenvalue weighted by atomic mass is 10.2. The Hall–Kier alpha value is -0.440. The van der Waals surface area contributed by atoms with E-state index in [0.29, 0.717) is 22.5 Å². The van der Waals surface area contributed by atoms with E-state index in [0.717, 1.165) is 12.2 Å². The number of para-hydroxylation sites is 1. The van der Waals surface area contributed by atoms with Crippen molar-refractivity contribution in [3.8, 4) is 0 Å². The number of hydrogen-bond donors (Lipinski definition) is 2. The van der Waals surface area contributed by atoms with Crippen LogP contribution in [0.5, 0.6) is 0 Å². The fraction of sp³-hybridized carbons (Fsp3) is 0.400. The first-order valence-corrected chi connectivity index (χ1v) is 5.28. The van der Waals surface area contributed by atoms with Crippen LogP contribution in [-0.2, 0) is 0 Å². The van der Waals surface area contributed by atoms with Gasteiger partial charge in [0.05, 0.1) is 15.7 Å². The Morgan fingerprint density at radius 1 is 1.36 bits per heavy atom. The van der Waals surface area contributed by atoms with E-state index in [2.05, 4.69) is 12.2 Å². The molecule has 0 aliphatic carbocycles. The monoisotopic (exact) mass is 232 g/mol. The number of anilines is 1. The molecule has 0 heterocycles. The maximum absolute atomic E-state index is 5.98. The van der Waals surface area contributed by atoms with Gasteiger partial charge in [-0.05, 0) is 24.6 Å². The number of benzene rings is 1. The number of hydrogen-bond acceptors (Lipinski definition) is 2. The first-order valence-electron chi connectivity index (χ1n) is 4.53. The third-order valence-electron chi connectivity index (χ3n) is 1.99. The quantitative estimate of drug-likeness (QED) is 0.838. The highest BCUT2D eigenvalue weighted by molar-refractivity contribution is 6.39. The van der Waals surface area contributed by atoms with Gasteiger partial charge in [0.15, 0.2) is 0 Å². The Bertz CT molecular complexity index is 282. The maximum atomic E-state index is 5.98. The summed E-state index contributed by atoms with van der Waals surface area (Å²) in [5.41, 5.74) is 6.29. The molecule has 0 fully saturated rings. The van der Waals surface area contributed by atoms with Crippen molar-refractivity contribution in [2.75, 3.05) is 18.4 Å². The molecule has 1 aromatic carbocycles. The minimum atomic E-state index is 0.405. The molecule has 1 aromatic rings. The first-order chi connectivity index (χ1) is 6.65. The lowest BCUT2D eigenvalue weighted by molar-refractivity contribution is 0.628. The third-order valence-corrected chi connectivity index (χ3v) is 2.62. The Balaban J connectivity index is 2.66. The van der Waals surface area contributed by atoms with Crippen molar-refractivity contribution >= 4 is 28.9 Å². The van der Waals surface area contributed by atoms with Crippen LogP contribution >= 0.6 is 23.2 Å². The SMILES string of the molecule is CC(CN)CNc1c(Cl)cccc1Cl. The molecule has 0 radical (unpaired) electrons. The van der Waals surface area contributed by atoms with Crippen LogP contribution in [-0.4, -0.2) is 13.1 Å². The smallest absolute Gasteiger partial charge is 0.0719 e. The van der Waals surface area contributed by atoms with Crippen LogP contribution in [0.2, 0.25) is 10.0 Å². The second kappa shape index (κ2) is 5.44. The largest absolute Gasteiger partial charge is 0.382 e. The zero-order valence-electron chi connectivity index (χ0n) is 8.06. The van der Waals surface area contributed by atoms with E-state index in [-0.39, 0.29) is 0 Å². The lowest BCUT2D eigenvalue weighted by Crippen LogP contribution is -2.19. The van der Waals surface area contributed by atoms with E-state index in [1.54, 1.807) is 0 Å². The minimum Gasteiger partial charge on any atom is -0.382 e. The number of nitrogens with one attached hydrogen (secondary N) is 1. The normalized spacial score (nSPS) is 12.6. The van der Waals surface area contributed by atoms with Crippen LogP contribution in [0.25, 0.3) is 0 Å². The van der Waals surface area contributed by atoms with Gasteiger partial charge in [0.25, 0.3) is 0 Å². The van der Waals surface area contributed by atoms with Gasteiger partial charge in [-0.15, -0.1) is 0 Å². The highest BCUT2D eigenvalue weighted by Crippen LogP contribution is 2.29. The van der Waals surface area contributed by atoms with Gasteiger partial charge in [0, 0.05) is 6.54 Å². The standard InChI is InChI=1S/C10H14Cl2N2/c1-7(5-13)6-14-10-8(11)3-2-4-9(10)12/h2-4,7,14H,5-6,13H2,1H3. The fourth-order valence-corrected chi connectivity index (χ4v) is 1.56. The number of halogens is 2. The fourth-order valence-electron chi connectivity index (χ4n) is 1.03. The second-order valence-corrected chi connectivity index (χ2v) is 4.13. The second-order valence-electron chi connectivity index (χ2n) is 3.32. The van der Waals surface area contributed by atoms with Crippen molar-refractivity contribution in [3.63, 3.8) is 0 Å². The molecule has 0 saturated carbocycles. The Morgan fingerprint density at radius 2 is 1.93 bits per heavy atom. The van der Waals surface area contributed by atoms with E-state index < -0.39 is 0 Å². The zero-order valence-corrected chi connectivity index (χ0v) is 9.57. The summed E-state index contributed by atoms with van der Waals surface area (Å²) in [7, 11) is 0. The van der Waals surface area contributed by atoms with Gasteiger partial charge in [-0.1, -0.05) is 36.2 Å². The summed E-state index contributed by atoms with van der Waals surface area (Å²) in [6.45, 7) is 3.49. The summed E-state index contributed by atoms with van der Waals surface area (Å²) in [5, 5.41) is 4.47. The van der Waals surface area contributed by atoms with Crippen LogP contribution in [0.3, 0.4) is 0 Å². The highest BCUT2D eigenvalue weighted by atomic mass is 35.5. The average molecular weight is 233 g/mol. The summed E-state index contributed by atoms with van der Waals surface area (Å²) in [6.07, 6.45) is 0. The first kappa shape index (κ1) is 11.6. The summed E-state index contributed by atoms with van der Waals surface area (Å²) < 4.78 is 0. The van der Waals surface area contributed by atoms with Gasteiger partial charge in [0.2, 0.25) is 0 Å². The molecule has 1 atom stereocenters. The molecular weight excluding hydrogens is 219 g/mol. The summed E-state index contributed by atoms with van der Waals surface area (Å²) in [5.74, 6) is 0.405. The molecule has 0 aliphatic heterocycles. The van der Waals surface area contributed by atoms with E-state index >= 15 is 0 Å². The van der Waals surface area contributed by atoms with Crippen molar-refractivity contribution < 1.29 is 0 Å². The van der Waals surface area contributed by atoms with Crippen molar-refractivity contribution in [3.05, 3.63) is 28.2 Å². The predicted molar refractivity (Wildman–Crippen MR) is 63.2 cm³/mol. The topological polar surface area (TPSA) is 38.0 Å². The van der Waals surface area contributed by atoms with Gasteiger partial charge in [0.1, 0.15) is 0 Å². The molecule has 1 unspecified atom stereocenters. The summed E-state index contributed by atoms with van der Waals surface area (Å²) >= 11 is 12.0. The molecule has 0 aliphatic rings. The lowest BCUT2D eigenvalue weighted by Gasteiger charge is -2.13. The highest BCUT2D eigenvalue weighted by Gasteiger charge is 2.05. The molecular formula is C10H14Cl2N2. The molecule has 14 heavy (non-hydrogen) atoms. The molecule has 0 aromatic heterocycles. The van der Waals surface area contributed by atoms with E-state index in [9.17, 15) is 0 Å². The summed E-state index contributed by atoms with van der Waals surface area (Å²) in [6, 6.07) is 5.44. The molecule has 1 rings (SSSR count). The third kappa shape index (κ3) is 3.05. The predicted octanol–water partition coefficient (Wildman–Crippen LogP) is 3.00. The molecule has 78 valence electrons. The van der Waals surface area contributed by atoms with Gasteiger partial charge in [-0.25, -0.2) is 0 Å². The van der Waals surface area contributed by atoms with E-state index in [4.69, 9.17) is 28.9 Å². The van der Waals surface area contributed by atoms with Crippen molar-refractivity contribution in [2.24, 2.45) is 11.7 Å². The Morgan fingerprint density at radius 3 is 2.43 bits per heavy atom. The van der Waals surface area contributed by atoms with Crippen LogP contribution < -0.4 is 11.1 Å². The van der Waals surface area contributed by atoms with Crippen molar-refractivity contribution in [2.45, 2.75) is 6.92 Å². The Labute approximate surface area is 94.4 Å². The molecule has 0 saturated heterocycles. The van der Waals surface area contributed by atoms with E-state index in [1.165, 1.54) is 0 Å². The van der Waals surface area contributed by atoms with Gasteiger partial charge in [-0.2, -0.15) is 0 Å². The maximum Gasteiger partial charge on any atom is 0.0719 e.